The molecule has 27 heavy (non-hydrogen) atoms. The first-order valence-corrected chi connectivity index (χ1v) is 9.47. The number of ether oxygens (including phenoxy) is 2. The number of aryl methyl sites for hydroxylation is 2. The molecule has 0 fully saturated rings. The Hall–Kier alpha value is -2.93. The van der Waals surface area contributed by atoms with Crippen LogP contribution in [0.2, 0.25) is 0 Å². The Morgan fingerprint density at radius 2 is 1.96 bits per heavy atom. The van der Waals surface area contributed by atoms with Crippen molar-refractivity contribution < 1.29 is 14.3 Å². The fourth-order valence-corrected chi connectivity index (χ4v) is 2.99. The maximum atomic E-state index is 11.8. The van der Waals surface area contributed by atoms with E-state index in [1.807, 2.05) is 55.6 Å². The van der Waals surface area contributed by atoms with E-state index in [1.54, 1.807) is 17.4 Å². The number of hydrogen-bond acceptors (Lipinski definition) is 6. The molecule has 2 heterocycles. The summed E-state index contributed by atoms with van der Waals surface area (Å²) in [5.74, 6) is 0.914. The number of nitrogens with zero attached hydrogens (tertiary/aromatic N) is 2. The molecule has 0 atom stereocenters. The summed E-state index contributed by atoms with van der Waals surface area (Å²) < 4.78 is 11.0. The van der Waals surface area contributed by atoms with Crippen LogP contribution in [0.15, 0.2) is 47.8 Å². The Kier molecular flexibility index (Phi) is 6.38. The molecule has 0 unspecified atom stereocenters. The van der Waals surface area contributed by atoms with Crippen molar-refractivity contribution in [3.05, 3.63) is 59.0 Å². The number of carbonyl (C=O) groups excluding carboxylic acids is 1. The van der Waals surface area contributed by atoms with Crippen LogP contribution in [0.3, 0.4) is 0 Å². The van der Waals surface area contributed by atoms with Gasteiger partial charge in [0.15, 0.2) is 6.61 Å². The lowest BCUT2D eigenvalue weighted by molar-refractivity contribution is -0.123. The van der Waals surface area contributed by atoms with Crippen LogP contribution in [0, 0.1) is 13.8 Å². The lowest BCUT2D eigenvalue weighted by Gasteiger charge is -2.09. The monoisotopic (exact) mass is 383 g/mol. The molecule has 1 aromatic carbocycles. The molecule has 0 bridgehead atoms. The van der Waals surface area contributed by atoms with E-state index in [-0.39, 0.29) is 12.5 Å². The number of rotatable bonds is 8. The molecule has 7 heteroatoms. The number of benzene rings is 1. The number of hydrogen-bond donors (Lipinski definition) is 1. The van der Waals surface area contributed by atoms with E-state index in [9.17, 15) is 4.79 Å². The van der Waals surface area contributed by atoms with Crippen LogP contribution in [-0.2, 0) is 4.79 Å². The van der Waals surface area contributed by atoms with Crippen molar-refractivity contribution in [2.24, 2.45) is 0 Å². The zero-order valence-corrected chi connectivity index (χ0v) is 16.1. The zero-order chi connectivity index (χ0) is 19.1. The summed E-state index contributed by atoms with van der Waals surface area (Å²) in [7, 11) is 0. The number of amides is 1. The van der Waals surface area contributed by atoms with Crippen molar-refractivity contribution in [3.63, 3.8) is 0 Å². The zero-order valence-electron chi connectivity index (χ0n) is 15.3. The summed E-state index contributed by atoms with van der Waals surface area (Å²) in [6.45, 7) is 4.69. The minimum absolute atomic E-state index is 0.0299. The van der Waals surface area contributed by atoms with Gasteiger partial charge in [-0.25, -0.2) is 0 Å². The highest BCUT2D eigenvalue weighted by Gasteiger charge is 2.05. The van der Waals surface area contributed by atoms with Crippen molar-refractivity contribution >= 4 is 17.2 Å². The van der Waals surface area contributed by atoms with Crippen LogP contribution in [0.1, 0.15) is 11.1 Å². The van der Waals surface area contributed by atoms with Crippen molar-refractivity contribution in [2.75, 3.05) is 19.8 Å². The number of aromatic nitrogens is 2. The predicted octanol–water partition coefficient (Wildman–Crippen LogP) is 3.40. The molecule has 0 aliphatic rings. The van der Waals surface area contributed by atoms with Crippen LogP contribution >= 0.6 is 11.3 Å². The van der Waals surface area contributed by atoms with Gasteiger partial charge >= 0.3 is 0 Å². The number of thiophene rings is 1. The first kappa shape index (κ1) is 18.8. The summed E-state index contributed by atoms with van der Waals surface area (Å²) in [6.07, 6.45) is 0. The van der Waals surface area contributed by atoms with Crippen LogP contribution in [0.25, 0.3) is 10.6 Å². The second-order valence-corrected chi connectivity index (χ2v) is 6.91. The average molecular weight is 383 g/mol. The van der Waals surface area contributed by atoms with Gasteiger partial charge in [0.25, 0.3) is 5.91 Å². The van der Waals surface area contributed by atoms with Gasteiger partial charge in [-0.3, -0.25) is 4.79 Å². The average Bonchev–Trinajstić information content (AvgIpc) is 3.21. The summed E-state index contributed by atoms with van der Waals surface area (Å²) in [6, 6.07) is 13.3. The van der Waals surface area contributed by atoms with E-state index >= 15 is 0 Å². The van der Waals surface area contributed by atoms with Crippen molar-refractivity contribution in [2.45, 2.75) is 13.8 Å². The molecule has 0 aliphatic heterocycles. The lowest BCUT2D eigenvalue weighted by Crippen LogP contribution is -2.32. The predicted molar refractivity (Wildman–Crippen MR) is 105 cm³/mol. The molecule has 1 amide bonds. The maximum absolute atomic E-state index is 11.8. The van der Waals surface area contributed by atoms with Gasteiger partial charge in [-0.1, -0.05) is 12.1 Å². The molecule has 0 radical (unpaired) electrons. The fourth-order valence-electron chi connectivity index (χ4n) is 2.30. The molecule has 6 nitrogen and oxygen atoms in total. The summed E-state index contributed by atoms with van der Waals surface area (Å²) in [5.41, 5.74) is 3.14. The van der Waals surface area contributed by atoms with Gasteiger partial charge in [-0.05, 0) is 54.6 Å². The van der Waals surface area contributed by atoms with E-state index in [0.29, 0.717) is 24.8 Å². The van der Waals surface area contributed by atoms with E-state index in [1.165, 1.54) is 5.56 Å². The standard InChI is InChI=1S/C20H21N3O3S/c1-14-5-6-16(12-15(14)2)26-13-19(24)21-9-10-25-20-8-7-17(22-23-20)18-4-3-11-27-18/h3-8,11-12H,9-10,13H2,1-2H3,(H,21,24). The Morgan fingerprint density at radius 1 is 1.07 bits per heavy atom. The molecular weight excluding hydrogens is 362 g/mol. The van der Waals surface area contributed by atoms with Gasteiger partial charge in [-0.2, -0.15) is 0 Å². The molecule has 2 aromatic heterocycles. The maximum Gasteiger partial charge on any atom is 0.258 e. The summed E-state index contributed by atoms with van der Waals surface area (Å²) >= 11 is 1.61. The molecule has 0 aliphatic carbocycles. The minimum Gasteiger partial charge on any atom is -0.484 e. The Bertz CT molecular complexity index is 880. The Labute approximate surface area is 162 Å². The van der Waals surface area contributed by atoms with Gasteiger partial charge in [0.2, 0.25) is 5.88 Å². The summed E-state index contributed by atoms with van der Waals surface area (Å²) in [5, 5.41) is 12.9. The molecule has 3 aromatic rings. The van der Waals surface area contributed by atoms with E-state index in [2.05, 4.69) is 15.5 Å². The number of carbonyl (C=O) groups is 1. The second kappa shape index (κ2) is 9.14. The Morgan fingerprint density at radius 3 is 2.67 bits per heavy atom. The van der Waals surface area contributed by atoms with Crippen molar-refractivity contribution in [1.82, 2.24) is 15.5 Å². The summed E-state index contributed by atoms with van der Waals surface area (Å²) in [4.78, 5) is 12.9. The van der Waals surface area contributed by atoms with Gasteiger partial charge in [0.05, 0.1) is 11.4 Å². The molecule has 0 saturated heterocycles. The smallest absolute Gasteiger partial charge is 0.258 e. The number of nitrogens with one attached hydrogen (secondary N) is 1. The van der Waals surface area contributed by atoms with Gasteiger partial charge in [-0.15, -0.1) is 21.5 Å². The normalized spacial score (nSPS) is 10.4. The third-order valence-corrected chi connectivity index (χ3v) is 4.83. The van der Waals surface area contributed by atoms with E-state index < -0.39 is 0 Å². The molecule has 1 N–H and O–H groups in total. The van der Waals surface area contributed by atoms with Gasteiger partial charge < -0.3 is 14.8 Å². The lowest BCUT2D eigenvalue weighted by atomic mass is 10.1. The molecule has 140 valence electrons. The topological polar surface area (TPSA) is 73.3 Å². The highest BCUT2D eigenvalue weighted by molar-refractivity contribution is 7.13. The van der Waals surface area contributed by atoms with Crippen LogP contribution in [-0.4, -0.2) is 35.9 Å². The second-order valence-electron chi connectivity index (χ2n) is 5.97. The molecule has 3 rings (SSSR count). The highest BCUT2D eigenvalue weighted by Crippen LogP contribution is 2.22. The van der Waals surface area contributed by atoms with E-state index in [4.69, 9.17) is 9.47 Å². The van der Waals surface area contributed by atoms with E-state index in [0.717, 1.165) is 16.1 Å². The third-order valence-electron chi connectivity index (χ3n) is 3.94. The minimum atomic E-state index is -0.198. The van der Waals surface area contributed by atoms with Crippen LogP contribution in [0.4, 0.5) is 0 Å². The Balaban J connectivity index is 1.35. The van der Waals surface area contributed by atoms with Crippen molar-refractivity contribution in [1.29, 1.82) is 0 Å². The molecular formula is C20H21N3O3S. The first-order chi connectivity index (χ1) is 13.1. The quantitative estimate of drug-likeness (QED) is 0.604. The molecule has 0 spiro atoms. The van der Waals surface area contributed by atoms with Gasteiger partial charge in [0.1, 0.15) is 18.1 Å². The van der Waals surface area contributed by atoms with Gasteiger partial charge in [0, 0.05) is 6.07 Å². The molecule has 0 saturated carbocycles. The highest BCUT2D eigenvalue weighted by atomic mass is 32.1. The largest absolute Gasteiger partial charge is 0.484 e. The van der Waals surface area contributed by atoms with Crippen molar-refractivity contribution in [3.8, 4) is 22.2 Å². The third kappa shape index (κ3) is 5.52. The fraction of sp³-hybridized carbons (Fsp3) is 0.250. The first-order valence-electron chi connectivity index (χ1n) is 8.59. The van der Waals surface area contributed by atoms with Crippen LogP contribution in [0.5, 0.6) is 11.6 Å². The SMILES string of the molecule is Cc1ccc(OCC(=O)NCCOc2ccc(-c3cccs3)nn2)cc1C. The van der Waals surface area contributed by atoms with Crippen LogP contribution < -0.4 is 14.8 Å².